The molecule has 2 fully saturated rings. The van der Waals surface area contributed by atoms with E-state index in [2.05, 4.69) is 0 Å². The Kier molecular flexibility index (Phi) is 3.45. The zero-order valence-corrected chi connectivity index (χ0v) is 12.4. The maximum atomic E-state index is 13.0. The van der Waals surface area contributed by atoms with Crippen LogP contribution in [0.2, 0.25) is 0 Å². The summed E-state index contributed by atoms with van der Waals surface area (Å²) < 4.78 is 0. The zero-order valence-electron chi connectivity index (χ0n) is 12.4. The first-order valence-electron chi connectivity index (χ1n) is 7.42. The second-order valence-corrected chi connectivity index (χ2v) is 6.29. The first-order chi connectivity index (χ1) is 10.4. The SMILES string of the molecule is CN1[C@H]2CC[C@@H]1[C@](C(=O)O)(C(=O)c1ccc(N)cc1)[C@@H](O)C2. The Hall–Kier alpha value is -1.92. The third-order valence-electron chi connectivity index (χ3n) is 5.29. The molecule has 4 atom stereocenters. The highest BCUT2D eigenvalue weighted by atomic mass is 16.4. The van der Waals surface area contributed by atoms with Gasteiger partial charge in [0.05, 0.1) is 6.10 Å². The van der Waals surface area contributed by atoms with Crippen LogP contribution in [0.5, 0.6) is 0 Å². The van der Waals surface area contributed by atoms with Gasteiger partial charge in [-0.2, -0.15) is 0 Å². The van der Waals surface area contributed by atoms with E-state index in [0.29, 0.717) is 18.5 Å². The molecule has 0 spiro atoms. The molecule has 0 unspecified atom stereocenters. The van der Waals surface area contributed by atoms with Gasteiger partial charge in [0.15, 0.2) is 11.2 Å². The van der Waals surface area contributed by atoms with Crippen molar-refractivity contribution in [1.29, 1.82) is 0 Å². The Bertz CT molecular complexity index is 615. The van der Waals surface area contributed by atoms with E-state index in [0.717, 1.165) is 6.42 Å². The summed E-state index contributed by atoms with van der Waals surface area (Å²) in [5.74, 6) is -1.79. The smallest absolute Gasteiger partial charge is 0.321 e. The van der Waals surface area contributed by atoms with Crippen LogP contribution in [0.1, 0.15) is 29.6 Å². The minimum atomic E-state index is -1.81. The maximum absolute atomic E-state index is 13.0. The largest absolute Gasteiger partial charge is 0.480 e. The van der Waals surface area contributed by atoms with Crippen LogP contribution in [0.3, 0.4) is 0 Å². The number of Topliss-reactive ketones (excluding diaryl/α,β-unsaturated/α-hetero) is 1. The van der Waals surface area contributed by atoms with Gasteiger partial charge in [0.1, 0.15) is 0 Å². The third kappa shape index (κ3) is 1.87. The molecule has 0 aliphatic carbocycles. The van der Waals surface area contributed by atoms with Gasteiger partial charge in [-0.25, -0.2) is 0 Å². The van der Waals surface area contributed by atoms with E-state index < -0.39 is 29.3 Å². The molecule has 1 aromatic carbocycles. The average molecular weight is 304 g/mol. The molecular weight excluding hydrogens is 284 g/mol. The average Bonchev–Trinajstić information content (AvgIpc) is 2.74. The Balaban J connectivity index is 2.10. The lowest BCUT2D eigenvalue weighted by atomic mass is 9.67. The molecule has 2 heterocycles. The van der Waals surface area contributed by atoms with E-state index in [1.54, 1.807) is 12.1 Å². The molecule has 0 amide bonds. The second-order valence-electron chi connectivity index (χ2n) is 6.29. The Labute approximate surface area is 128 Å². The summed E-state index contributed by atoms with van der Waals surface area (Å²) in [4.78, 5) is 27.0. The summed E-state index contributed by atoms with van der Waals surface area (Å²) in [6, 6.07) is 5.85. The number of ketones is 1. The van der Waals surface area contributed by atoms with Gasteiger partial charge in [0.25, 0.3) is 0 Å². The normalized spacial score (nSPS) is 34.5. The molecule has 2 saturated heterocycles. The van der Waals surface area contributed by atoms with E-state index in [4.69, 9.17) is 5.73 Å². The van der Waals surface area contributed by atoms with Gasteiger partial charge >= 0.3 is 5.97 Å². The summed E-state index contributed by atoms with van der Waals surface area (Å²) >= 11 is 0. The molecule has 4 N–H and O–H groups in total. The van der Waals surface area contributed by atoms with E-state index in [-0.39, 0.29) is 11.6 Å². The minimum absolute atomic E-state index is 0.145. The number of piperidine rings is 1. The molecule has 2 bridgehead atoms. The topological polar surface area (TPSA) is 104 Å². The number of nitrogen functional groups attached to an aromatic ring is 1. The number of nitrogens with zero attached hydrogens (tertiary/aromatic N) is 1. The maximum Gasteiger partial charge on any atom is 0.321 e. The van der Waals surface area contributed by atoms with Gasteiger partial charge in [-0.1, -0.05) is 0 Å². The minimum Gasteiger partial charge on any atom is -0.480 e. The van der Waals surface area contributed by atoms with Crippen LogP contribution >= 0.6 is 0 Å². The molecule has 22 heavy (non-hydrogen) atoms. The first-order valence-corrected chi connectivity index (χ1v) is 7.42. The van der Waals surface area contributed by atoms with Crippen molar-refractivity contribution in [1.82, 2.24) is 4.90 Å². The van der Waals surface area contributed by atoms with Crippen molar-refractivity contribution >= 4 is 17.4 Å². The van der Waals surface area contributed by atoms with Crippen molar-refractivity contribution in [2.24, 2.45) is 5.41 Å². The summed E-state index contributed by atoms with van der Waals surface area (Å²) in [6.07, 6.45) is 0.539. The molecule has 2 aliphatic rings. The number of nitrogens with two attached hydrogens (primary N) is 1. The molecule has 2 aliphatic heterocycles. The van der Waals surface area contributed by atoms with Gasteiger partial charge in [0.2, 0.25) is 0 Å². The van der Waals surface area contributed by atoms with E-state index in [9.17, 15) is 19.8 Å². The van der Waals surface area contributed by atoms with Crippen LogP contribution in [0, 0.1) is 5.41 Å². The van der Waals surface area contributed by atoms with Crippen LogP contribution in [0.4, 0.5) is 5.69 Å². The van der Waals surface area contributed by atoms with Crippen LogP contribution in [0.15, 0.2) is 24.3 Å². The molecule has 118 valence electrons. The van der Waals surface area contributed by atoms with Crippen LogP contribution in [-0.4, -0.2) is 52.1 Å². The highest BCUT2D eigenvalue weighted by Crippen LogP contribution is 2.48. The molecule has 0 saturated carbocycles. The summed E-state index contributed by atoms with van der Waals surface area (Å²) in [5, 5.41) is 20.4. The number of hydrogen-bond acceptors (Lipinski definition) is 5. The highest BCUT2D eigenvalue weighted by molar-refractivity contribution is 6.13. The number of benzene rings is 1. The number of carbonyl (C=O) groups excluding carboxylic acids is 1. The standard InChI is InChI=1S/C16H20N2O4/c1-18-11-6-7-12(18)16(15(21)22,13(19)8-11)14(20)9-2-4-10(17)5-3-9/h2-5,11-13,19H,6-8,17H2,1H3,(H,21,22)/t11-,12+,13-,16+/m0/s1. The summed E-state index contributed by atoms with van der Waals surface area (Å²) in [5.41, 5.74) is 4.59. The van der Waals surface area contributed by atoms with Gasteiger partial charge in [-0.15, -0.1) is 0 Å². The first kappa shape index (κ1) is 15.0. The van der Waals surface area contributed by atoms with Gasteiger partial charge in [0, 0.05) is 23.3 Å². The lowest BCUT2D eigenvalue weighted by Gasteiger charge is -2.46. The highest BCUT2D eigenvalue weighted by Gasteiger charge is 2.64. The Morgan fingerprint density at radius 2 is 1.91 bits per heavy atom. The lowest BCUT2D eigenvalue weighted by Crippen LogP contribution is -2.64. The quantitative estimate of drug-likeness (QED) is 0.432. The number of fused-ring (bicyclic) bond motifs is 2. The zero-order chi connectivity index (χ0) is 16.1. The van der Waals surface area contributed by atoms with Crippen molar-refractivity contribution in [2.45, 2.75) is 37.5 Å². The fraction of sp³-hybridized carbons (Fsp3) is 0.500. The van der Waals surface area contributed by atoms with Crippen molar-refractivity contribution in [3.63, 3.8) is 0 Å². The molecule has 6 heteroatoms. The molecular formula is C16H20N2O4. The molecule has 6 nitrogen and oxygen atoms in total. The summed E-state index contributed by atoms with van der Waals surface area (Å²) in [7, 11) is 1.84. The van der Waals surface area contributed by atoms with Crippen LogP contribution in [-0.2, 0) is 4.79 Å². The van der Waals surface area contributed by atoms with Crippen LogP contribution in [0.25, 0.3) is 0 Å². The summed E-state index contributed by atoms with van der Waals surface area (Å²) in [6.45, 7) is 0. The number of carboxylic acids is 1. The van der Waals surface area contributed by atoms with Gasteiger partial charge in [-0.3, -0.25) is 14.5 Å². The van der Waals surface area contributed by atoms with E-state index in [1.807, 2.05) is 11.9 Å². The predicted octanol–water partition coefficient (Wildman–Crippen LogP) is 0.750. The second kappa shape index (κ2) is 5.07. The van der Waals surface area contributed by atoms with Crippen LogP contribution < -0.4 is 5.73 Å². The van der Waals surface area contributed by atoms with Gasteiger partial charge < -0.3 is 15.9 Å². The molecule has 0 aromatic heterocycles. The number of carbonyl (C=O) groups is 2. The third-order valence-corrected chi connectivity index (χ3v) is 5.29. The molecule has 1 aromatic rings. The number of carboxylic acid groups (broad SMARTS) is 1. The number of hydrogen-bond donors (Lipinski definition) is 3. The lowest BCUT2D eigenvalue weighted by molar-refractivity contribution is -0.161. The Morgan fingerprint density at radius 3 is 2.50 bits per heavy atom. The fourth-order valence-electron chi connectivity index (χ4n) is 4.07. The van der Waals surface area contributed by atoms with E-state index >= 15 is 0 Å². The number of aliphatic hydroxyl groups is 1. The van der Waals surface area contributed by atoms with Crippen molar-refractivity contribution in [3.8, 4) is 0 Å². The number of anilines is 1. The van der Waals surface area contributed by atoms with Crippen molar-refractivity contribution in [2.75, 3.05) is 12.8 Å². The van der Waals surface area contributed by atoms with Gasteiger partial charge in [-0.05, 0) is 50.6 Å². The predicted molar refractivity (Wildman–Crippen MR) is 80.5 cm³/mol. The molecule has 0 radical (unpaired) electrons. The van der Waals surface area contributed by atoms with E-state index in [1.165, 1.54) is 12.1 Å². The number of rotatable bonds is 3. The number of aliphatic carboxylic acids is 1. The van der Waals surface area contributed by atoms with Crippen molar-refractivity contribution < 1.29 is 19.8 Å². The monoisotopic (exact) mass is 304 g/mol. The fourth-order valence-corrected chi connectivity index (χ4v) is 4.07. The Morgan fingerprint density at radius 1 is 1.27 bits per heavy atom. The van der Waals surface area contributed by atoms with Crippen molar-refractivity contribution in [3.05, 3.63) is 29.8 Å². The molecule has 3 rings (SSSR count). The number of aliphatic hydroxyl groups excluding tert-OH is 1.